The van der Waals surface area contributed by atoms with Crippen molar-refractivity contribution in [2.24, 2.45) is 0 Å². The van der Waals surface area contributed by atoms with Gasteiger partial charge in [0.1, 0.15) is 11.6 Å². The van der Waals surface area contributed by atoms with Gasteiger partial charge in [0.25, 0.3) is 5.91 Å². The van der Waals surface area contributed by atoms with Gasteiger partial charge in [-0.25, -0.2) is 0 Å². The Hall–Kier alpha value is -2.07. The Morgan fingerprint density at radius 1 is 1.29 bits per heavy atom. The first-order chi connectivity index (χ1) is 11.6. The lowest BCUT2D eigenvalue weighted by Crippen LogP contribution is -2.30. The fourth-order valence-corrected chi connectivity index (χ4v) is 1.95. The Balaban J connectivity index is 2.49. The molecule has 0 unspecified atom stereocenters. The van der Waals surface area contributed by atoms with Crippen LogP contribution in [-0.4, -0.2) is 32.0 Å². The van der Waals surface area contributed by atoms with Crippen LogP contribution in [-0.2, 0) is 20.8 Å². The molecule has 7 heteroatoms. The molecule has 0 radical (unpaired) electrons. The number of benzene rings is 1. The highest BCUT2D eigenvalue weighted by atomic mass is 35.5. The number of nitrogens with zero attached hydrogens (tertiary/aromatic N) is 1. The first-order valence-electron chi connectivity index (χ1n) is 7.70. The van der Waals surface area contributed by atoms with Crippen molar-refractivity contribution in [1.82, 2.24) is 10.6 Å². The van der Waals surface area contributed by atoms with Crippen LogP contribution in [0, 0.1) is 11.3 Å². The van der Waals surface area contributed by atoms with Crippen molar-refractivity contribution >= 4 is 17.5 Å². The van der Waals surface area contributed by atoms with Gasteiger partial charge >= 0.3 is 0 Å². The minimum atomic E-state index is -0.454. The summed E-state index contributed by atoms with van der Waals surface area (Å²) in [5, 5.41) is 15.3. The number of rotatable bonds is 10. The lowest BCUT2D eigenvalue weighted by atomic mass is 10.2. The highest BCUT2D eigenvalue weighted by Crippen LogP contribution is 2.09. The molecule has 1 amide bonds. The average Bonchev–Trinajstić information content (AvgIpc) is 2.58. The van der Waals surface area contributed by atoms with Crippen LogP contribution in [0.2, 0.25) is 5.02 Å². The van der Waals surface area contributed by atoms with Crippen molar-refractivity contribution in [1.29, 1.82) is 5.26 Å². The molecule has 6 nitrogen and oxygen atoms in total. The van der Waals surface area contributed by atoms with Gasteiger partial charge in [0, 0.05) is 31.0 Å². The van der Waals surface area contributed by atoms with E-state index in [2.05, 4.69) is 10.6 Å². The van der Waals surface area contributed by atoms with Crippen molar-refractivity contribution in [3.05, 3.63) is 46.6 Å². The number of hydrogen-bond donors (Lipinski definition) is 2. The van der Waals surface area contributed by atoms with E-state index in [1.54, 1.807) is 12.1 Å². The molecule has 0 heterocycles. The summed E-state index contributed by atoms with van der Waals surface area (Å²) >= 11 is 5.81. The molecule has 1 aromatic rings. The quantitative estimate of drug-likeness (QED) is 0.384. The number of halogens is 1. The minimum Gasteiger partial charge on any atom is -0.385 e. The molecular formula is C17H22ClN3O3. The molecule has 0 aromatic heterocycles. The third-order valence-electron chi connectivity index (χ3n) is 2.97. The van der Waals surface area contributed by atoms with Crippen molar-refractivity contribution in [2.75, 3.05) is 19.8 Å². The molecule has 1 aromatic carbocycles. The maximum atomic E-state index is 12.0. The average molecular weight is 352 g/mol. The lowest BCUT2D eigenvalue weighted by Gasteiger charge is -2.16. The largest absolute Gasteiger partial charge is 0.385 e. The molecule has 0 aliphatic heterocycles. The highest BCUT2D eigenvalue weighted by molar-refractivity contribution is 6.30. The molecule has 0 aliphatic carbocycles. The van der Waals surface area contributed by atoms with Crippen LogP contribution < -0.4 is 10.6 Å². The van der Waals surface area contributed by atoms with E-state index < -0.39 is 12.2 Å². The number of carbonyl (C=O) groups is 1. The molecule has 0 aliphatic rings. The fraction of sp³-hybridized carbons (Fsp3) is 0.412. The molecule has 24 heavy (non-hydrogen) atoms. The van der Waals surface area contributed by atoms with E-state index in [0.29, 0.717) is 31.3 Å². The second-order valence-electron chi connectivity index (χ2n) is 4.73. The van der Waals surface area contributed by atoms with Crippen molar-refractivity contribution in [3.63, 3.8) is 0 Å². The maximum Gasteiger partial charge on any atom is 0.263 e. The first-order valence-corrected chi connectivity index (χ1v) is 8.08. The summed E-state index contributed by atoms with van der Waals surface area (Å²) in [7, 11) is 0. The standard InChI is InChI=1S/C17H22ClN3O3/c1-3-23-16(24-4-2)12-20-11-14(9-19)17(22)21-10-13-5-7-15(18)8-6-13/h5-8,11,16,20H,3-4,10,12H2,1-2H3,(H,21,22)/b14-11-. The van der Waals surface area contributed by atoms with Gasteiger partial charge in [0.2, 0.25) is 0 Å². The van der Waals surface area contributed by atoms with Gasteiger partial charge in [-0.1, -0.05) is 23.7 Å². The first kappa shape index (κ1) is 20.0. The molecule has 1 rings (SSSR count). The summed E-state index contributed by atoms with van der Waals surface area (Å²) in [6, 6.07) is 8.98. The summed E-state index contributed by atoms with van der Waals surface area (Å²) in [4.78, 5) is 12.0. The molecule has 0 saturated carbocycles. The van der Waals surface area contributed by atoms with Crippen molar-refractivity contribution < 1.29 is 14.3 Å². The number of nitriles is 1. The Bertz CT molecular complexity index is 576. The van der Waals surface area contributed by atoms with Gasteiger partial charge in [-0.15, -0.1) is 0 Å². The molecule has 0 fully saturated rings. The monoisotopic (exact) mass is 351 g/mol. The zero-order chi connectivity index (χ0) is 17.8. The van der Waals surface area contributed by atoms with Gasteiger partial charge in [-0.05, 0) is 31.5 Å². The topological polar surface area (TPSA) is 83.4 Å². The summed E-state index contributed by atoms with van der Waals surface area (Å²) in [5.41, 5.74) is 0.876. The summed E-state index contributed by atoms with van der Waals surface area (Å²) in [5.74, 6) is -0.454. The van der Waals surface area contributed by atoms with Gasteiger partial charge < -0.3 is 20.1 Å². The Kier molecular flexibility index (Phi) is 9.54. The van der Waals surface area contributed by atoms with Crippen LogP contribution >= 0.6 is 11.6 Å². The maximum absolute atomic E-state index is 12.0. The third kappa shape index (κ3) is 7.47. The predicted molar refractivity (Wildman–Crippen MR) is 92.0 cm³/mol. The van der Waals surface area contributed by atoms with Crippen LogP contribution in [0.25, 0.3) is 0 Å². The van der Waals surface area contributed by atoms with Crippen LogP contribution in [0.15, 0.2) is 36.0 Å². The van der Waals surface area contributed by atoms with E-state index in [9.17, 15) is 4.79 Å². The van der Waals surface area contributed by atoms with E-state index >= 15 is 0 Å². The molecule has 0 spiro atoms. The van der Waals surface area contributed by atoms with Crippen molar-refractivity contribution in [2.45, 2.75) is 26.7 Å². The minimum absolute atomic E-state index is 0.0179. The van der Waals surface area contributed by atoms with E-state index in [-0.39, 0.29) is 5.57 Å². The van der Waals surface area contributed by atoms with Crippen LogP contribution in [0.3, 0.4) is 0 Å². The lowest BCUT2D eigenvalue weighted by molar-refractivity contribution is -0.131. The van der Waals surface area contributed by atoms with Crippen LogP contribution in [0.4, 0.5) is 0 Å². The van der Waals surface area contributed by atoms with Gasteiger partial charge in [0.05, 0.1) is 6.54 Å². The van der Waals surface area contributed by atoms with Gasteiger partial charge in [0.15, 0.2) is 6.29 Å². The zero-order valence-electron chi connectivity index (χ0n) is 13.8. The second-order valence-corrected chi connectivity index (χ2v) is 5.16. The van der Waals surface area contributed by atoms with Crippen LogP contribution in [0.5, 0.6) is 0 Å². The van der Waals surface area contributed by atoms with Gasteiger partial charge in [-0.3, -0.25) is 4.79 Å². The van der Waals surface area contributed by atoms with Gasteiger partial charge in [-0.2, -0.15) is 5.26 Å². The molecule has 0 saturated heterocycles. The van der Waals surface area contributed by atoms with E-state index in [0.717, 1.165) is 5.56 Å². The Morgan fingerprint density at radius 2 is 1.92 bits per heavy atom. The molecule has 130 valence electrons. The normalized spacial score (nSPS) is 11.2. The zero-order valence-corrected chi connectivity index (χ0v) is 14.6. The number of amides is 1. The number of carbonyl (C=O) groups excluding carboxylic acids is 1. The highest BCUT2D eigenvalue weighted by Gasteiger charge is 2.10. The predicted octanol–water partition coefficient (Wildman–Crippen LogP) is 2.35. The molecule has 0 bridgehead atoms. The number of nitrogens with one attached hydrogen (secondary N) is 2. The van der Waals surface area contributed by atoms with E-state index in [1.807, 2.05) is 32.0 Å². The SMILES string of the molecule is CCOC(CN/C=C(/C#N)C(=O)NCc1ccc(Cl)cc1)OCC. The molecule has 0 atom stereocenters. The fourth-order valence-electron chi connectivity index (χ4n) is 1.82. The second kappa shape index (κ2) is 11.5. The third-order valence-corrected chi connectivity index (χ3v) is 3.22. The number of hydrogen-bond acceptors (Lipinski definition) is 5. The summed E-state index contributed by atoms with van der Waals surface area (Å²) < 4.78 is 10.7. The van der Waals surface area contributed by atoms with E-state index in [1.165, 1.54) is 6.20 Å². The van der Waals surface area contributed by atoms with E-state index in [4.69, 9.17) is 26.3 Å². The molecule has 2 N–H and O–H groups in total. The summed E-state index contributed by atoms with van der Waals surface area (Å²) in [6.45, 7) is 5.43. The summed E-state index contributed by atoms with van der Waals surface area (Å²) in [6.07, 6.45) is 0.940. The Morgan fingerprint density at radius 3 is 2.46 bits per heavy atom. The number of ether oxygens (including phenoxy) is 2. The smallest absolute Gasteiger partial charge is 0.263 e. The van der Waals surface area contributed by atoms with Crippen LogP contribution in [0.1, 0.15) is 19.4 Å². The molecular weight excluding hydrogens is 330 g/mol. The Labute approximate surface area is 147 Å². The van der Waals surface area contributed by atoms with Crippen molar-refractivity contribution in [3.8, 4) is 6.07 Å².